The number of carbonyl (C=O) groups excluding carboxylic acids is 4. The zero-order valence-electron chi connectivity index (χ0n) is 14.4. The molecule has 0 bridgehead atoms. The van der Waals surface area contributed by atoms with E-state index in [9.17, 15) is 19.2 Å². The Morgan fingerprint density at radius 1 is 1.04 bits per heavy atom. The van der Waals surface area contributed by atoms with Crippen LogP contribution in [0.15, 0.2) is 18.2 Å². The third-order valence-corrected chi connectivity index (χ3v) is 3.88. The lowest BCUT2D eigenvalue weighted by Gasteiger charge is -2.15. The first-order chi connectivity index (χ1) is 11.9. The molecule has 0 unspecified atom stereocenters. The van der Waals surface area contributed by atoms with Gasteiger partial charge in [0.15, 0.2) is 5.78 Å². The van der Waals surface area contributed by atoms with Crippen LogP contribution in [-0.2, 0) is 9.59 Å². The highest BCUT2D eigenvalue weighted by Gasteiger charge is 2.44. The van der Waals surface area contributed by atoms with Crippen LogP contribution in [0.2, 0.25) is 0 Å². The van der Waals surface area contributed by atoms with E-state index in [0.717, 1.165) is 11.3 Å². The molecule has 1 fully saturated rings. The van der Waals surface area contributed by atoms with E-state index in [2.05, 4.69) is 0 Å². The average molecular weight is 348 g/mol. The molecule has 1 aliphatic heterocycles. The summed E-state index contributed by atoms with van der Waals surface area (Å²) in [5, 5.41) is 0. The maximum atomic E-state index is 12.5. The summed E-state index contributed by atoms with van der Waals surface area (Å²) < 4.78 is 10.2. The molecule has 1 saturated heterocycles. The number of unbranched alkanes of at least 4 members (excludes halogenated alkanes) is 1. The lowest BCUT2D eigenvalue weighted by Crippen LogP contribution is -2.37. The van der Waals surface area contributed by atoms with E-state index in [1.54, 1.807) is 6.07 Å². The lowest BCUT2D eigenvalue weighted by atomic mass is 10.1. The number of benzene rings is 1. The van der Waals surface area contributed by atoms with Crippen molar-refractivity contribution in [2.75, 3.05) is 27.3 Å². The molecule has 0 atom stereocenters. The molecule has 8 heteroatoms. The normalized spacial score (nSPS) is 14.3. The van der Waals surface area contributed by atoms with Gasteiger partial charge in [0.1, 0.15) is 11.5 Å². The number of urea groups is 1. The summed E-state index contributed by atoms with van der Waals surface area (Å²) in [6, 6.07) is 3.83. The minimum Gasteiger partial charge on any atom is -0.497 e. The molecule has 1 aliphatic rings. The van der Waals surface area contributed by atoms with Crippen molar-refractivity contribution in [3.05, 3.63) is 23.8 Å². The quantitative estimate of drug-likeness (QED) is 0.401. The van der Waals surface area contributed by atoms with Gasteiger partial charge in [-0.1, -0.05) is 13.3 Å². The summed E-state index contributed by atoms with van der Waals surface area (Å²) in [4.78, 5) is 50.3. The number of Topliss-reactive ketones (excluding diaryl/α,β-unsaturated/α-hetero) is 1. The van der Waals surface area contributed by atoms with E-state index >= 15 is 0 Å². The Hall–Kier alpha value is -2.90. The Labute approximate surface area is 145 Å². The van der Waals surface area contributed by atoms with Gasteiger partial charge in [0, 0.05) is 12.6 Å². The lowest BCUT2D eigenvalue weighted by molar-refractivity contribution is -0.143. The van der Waals surface area contributed by atoms with Crippen molar-refractivity contribution in [3.8, 4) is 11.5 Å². The smallest absolute Gasteiger partial charge is 0.334 e. The number of ether oxygens (including phenoxy) is 2. The molecule has 4 amide bonds. The fourth-order valence-electron chi connectivity index (χ4n) is 2.46. The molecule has 0 N–H and O–H groups in total. The molecule has 25 heavy (non-hydrogen) atoms. The first-order valence-electron chi connectivity index (χ1n) is 7.87. The number of hydrogen-bond acceptors (Lipinski definition) is 6. The maximum Gasteiger partial charge on any atom is 0.334 e. The maximum absolute atomic E-state index is 12.5. The number of imide groups is 2. The average Bonchev–Trinajstić information content (AvgIpc) is 2.82. The molecule has 0 aromatic heterocycles. The summed E-state index contributed by atoms with van der Waals surface area (Å²) >= 11 is 0. The van der Waals surface area contributed by atoms with Crippen LogP contribution in [0.1, 0.15) is 30.1 Å². The summed E-state index contributed by atoms with van der Waals surface area (Å²) in [6.45, 7) is 1.55. The Morgan fingerprint density at radius 3 is 2.32 bits per heavy atom. The van der Waals surface area contributed by atoms with Crippen LogP contribution in [0.4, 0.5) is 4.79 Å². The summed E-state index contributed by atoms with van der Waals surface area (Å²) in [7, 11) is 2.88. The molecule has 2 rings (SSSR count). The highest BCUT2D eigenvalue weighted by atomic mass is 16.5. The van der Waals surface area contributed by atoms with Gasteiger partial charge < -0.3 is 9.47 Å². The number of nitrogens with zero attached hydrogens (tertiary/aromatic N) is 2. The number of carbonyl (C=O) groups is 4. The molecular formula is C17H20N2O6. The van der Waals surface area contributed by atoms with Crippen molar-refractivity contribution < 1.29 is 28.7 Å². The van der Waals surface area contributed by atoms with E-state index in [1.807, 2.05) is 6.92 Å². The van der Waals surface area contributed by atoms with E-state index in [4.69, 9.17) is 9.47 Å². The Morgan fingerprint density at radius 2 is 1.72 bits per heavy atom. The molecule has 1 heterocycles. The second kappa shape index (κ2) is 7.78. The number of ketones is 1. The molecule has 0 radical (unpaired) electrons. The molecule has 0 spiro atoms. The molecule has 1 aromatic carbocycles. The van der Waals surface area contributed by atoms with E-state index < -0.39 is 30.2 Å². The van der Waals surface area contributed by atoms with Crippen molar-refractivity contribution in [3.63, 3.8) is 0 Å². The van der Waals surface area contributed by atoms with Crippen LogP contribution < -0.4 is 9.47 Å². The van der Waals surface area contributed by atoms with Crippen LogP contribution in [0.3, 0.4) is 0 Å². The summed E-state index contributed by atoms with van der Waals surface area (Å²) in [6.07, 6.45) is 1.37. The van der Waals surface area contributed by atoms with Crippen molar-refractivity contribution in [2.24, 2.45) is 0 Å². The van der Waals surface area contributed by atoms with Gasteiger partial charge in [-0.3, -0.25) is 19.3 Å². The minimum atomic E-state index is -0.984. The standard InChI is InChI=1S/C17H20N2O6/c1-4-5-8-18-15(21)16(22)19(17(18)23)10-13(20)12-7-6-11(24-2)9-14(12)25-3/h6-7,9H,4-5,8,10H2,1-3H3. The van der Waals surface area contributed by atoms with Crippen LogP contribution in [0.25, 0.3) is 0 Å². The highest BCUT2D eigenvalue weighted by molar-refractivity contribution is 6.45. The number of rotatable bonds is 8. The summed E-state index contributed by atoms with van der Waals surface area (Å²) in [5.74, 6) is -1.62. The second-order valence-electron chi connectivity index (χ2n) is 5.47. The third kappa shape index (κ3) is 3.62. The zero-order valence-corrected chi connectivity index (χ0v) is 14.4. The topological polar surface area (TPSA) is 93.2 Å². The molecule has 134 valence electrons. The fraction of sp³-hybridized carbons (Fsp3) is 0.412. The Balaban J connectivity index is 2.19. The predicted octanol–water partition coefficient (Wildman–Crippen LogP) is 1.48. The van der Waals surface area contributed by atoms with Crippen LogP contribution in [-0.4, -0.2) is 60.7 Å². The minimum absolute atomic E-state index is 0.163. The Kier molecular flexibility index (Phi) is 5.74. The largest absolute Gasteiger partial charge is 0.497 e. The molecule has 1 aromatic rings. The molecule has 8 nitrogen and oxygen atoms in total. The predicted molar refractivity (Wildman–Crippen MR) is 87.6 cm³/mol. The van der Waals surface area contributed by atoms with E-state index in [0.29, 0.717) is 17.1 Å². The SMILES string of the molecule is CCCCN1C(=O)C(=O)N(CC(=O)c2ccc(OC)cc2OC)C1=O. The number of hydrogen-bond donors (Lipinski definition) is 0. The van der Waals surface area contributed by atoms with Crippen LogP contribution in [0, 0.1) is 0 Å². The van der Waals surface area contributed by atoms with Gasteiger partial charge in [0.2, 0.25) is 0 Å². The molecule has 0 saturated carbocycles. The Bertz CT molecular complexity index is 715. The van der Waals surface area contributed by atoms with Crippen molar-refractivity contribution in [1.82, 2.24) is 9.80 Å². The van der Waals surface area contributed by atoms with E-state index in [-0.39, 0.29) is 17.9 Å². The van der Waals surface area contributed by atoms with Gasteiger partial charge >= 0.3 is 17.8 Å². The van der Waals surface area contributed by atoms with E-state index in [1.165, 1.54) is 26.4 Å². The first-order valence-corrected chi connectivity index (χ1v) is 7.87. The van der Waals surface area contributed by atoms with Gasteiger partial charge in [-0.2, -0.15) is 0 Å². The van der Waals surface area contributed by atoms with Gasteiger partial charge in [-0.25, -0.2) is 9.69 Å². The van der Waals surface area contributed by atoms with Gasteiger partial charge in [-0.05, 0) is 18.6 Å². The van der Waals surface area contributed by atoms with Crippen LogP contribution in [0.5, 0.6) is 11.5 Å². The van der Waals surface area contributed by atoms with Gasteiger partial charge in [-0.15, -0.1) is 0 Å². The fourth-order valence-corrected chi connectivity index (χ4v) is 2.46. The van der Waals surface area contributed by atoms with Crippen molar-refractivity contribution >= 4 is 23.6 Å². The van der Waals surface area contributed by atoms with Crippen molar-refractivity contribution in [1.29, 1.82) is 0 Å². The third-order valence-electron chi connectivity index (χ3n) is 3.88. The molecule has 0 aliphatic carbocycles. The monoisotopic (exact) mass is 348 g/mol. The zero-order chi connectivity index (χ0) is 18.6. The van der Waals surface area contributed by atoms with Crippen LogP contribution >= 0.6 is 0 Å². The van der Waals surface area contributed by atoms with Gasteiger partial charge in [0.05, 0.1) is 26.3 Å². The van der Waals surface area contributed by atoms with Gasteiger partial charge in [0.25, 0.3) is 0 Å². The summed E-state index contributed by atoms with van der Waals surface area (Å²) in [5.41, 5.74) is 0.198. The number of methoxy groups -OCH3 is 2. The molecular weight excluding hydrogens is 328 g/mol. The second-order valence-corrected chi connectivity index (χ2v) is 5.47. The van der Waals surface area contributed by atoms with Crippen molar-refractivity contribution in [2.45, 2.75) is 19.8 Å². The first kappa shape index (κ1) is 18.4. The highest BCUT2D eigenvalue weighted by Crippen LogP contribution is 2.25. The number of amides is 4.